The van der Waals surface area contributed by atoms with Gasteiger partial charge in [0.2, 0.25) is 5.56 Å². The molecule has 0 aliphatic carbocycles. The molecule has 2 N–H and O–H groups in total. The van der Waals surface area contributed by atoms with Gasteiger partial charge in [-0.25, -0.2) is 0 Å². The van der Waals surface area contributed by atoms with Gasteiger partial charge in [0.15, 0.2) is 8.32 Å². The van der Waals surface area contributed by atoms with Gasteiger partial charge in [-0.2, -0.15) is 0 Å². The third-order valence-corrected chi connectivity index (χ3v) is 13.2. The number of nitrogens with zero attached hydrogens (tertiary/aromatic N) is 1. The van der Waals surface area contributed by atoms with Gasteiger partial charge in [0, 0.05) is 31.0 Å². The lowest BCUT2D eigenvalue weighted by molar-refractivity contribution is -0.137. The number of carbonyl (C=O) groups is 1. The van der Waals surface area contributed by atoms with Crippen LogP contribution in [0.15, 0.2) is 89.7 Å². The smallest absolute Gasteiger partial charge is 0.303 e. The SMILES string of the molecule is CC(C)(C)[Si](C)(C)O[C@H](CN(CCCCCC(=O)O)Cc1ccccc1)c1ccc(OCc2ccccc2)c2[nH]c(=O)ccc12. The molecule has 1 aromatic heterocycles. The van der Waals surface area contributed by atoms with Crippen LogP contribution in [-0.2, 0) is 22.4 Å². The number of aromatic amines is 1. The molecule has 0 aliphatic heterocycles. The number of unbranched alkanes of at least 4 members (excludes halogenated alkanes) is 2. The number of carboxylic acids is 1. The molecule has 45 heavy (non-hydrogen) atoms. The summed E-state index contributed by atoms with van der Waals surface area (Å²) in [5, 5.41) is 10.00. The zero-order chi connectivity index (χ0) is 32.5. The van der Waals surface area contributed by atoms with Crippen molar-refractivity contribution >= 4 is 25.2 Å². The Morgan fingerprint density at radius 2 is 1.56 bits per heavy atom. The summed E-state index contributed by atoms with van der Waals surface area (Å²) in [5.41, 5.74) is 3.77. The number of rotatable bonds is 16. The predicted molar refractivity (Wildman–Crippen MR) is 184 cm³/mol. The molecule has 1 heterocycles. The second-order valence-corrected chi connectivity index (χ2v) is 18.1. The van der Waals surface area contributed by atoms with Crippen LogP contribution in [0.1, 0.15) is 69.2 Å². The van der Waals surface area contributed by atoms with E-state index in [1.54, 1.807) is 6.07 Å². The Morgan fingerprint density at radius 1 is 0.889 bits per heavy atom. The number of carboxylic acid groups (broad SMARTS) is 1. The van der Waals surface area contributed by atoms with Gasteiger partial charge < -0.3 is 19.3 Å². The van der Waals surface area contributed by atoms with Gasteiger partial charge in [-0.15, -0.1) is 0 Å². The fourth-order valence-electron chi connectivity index (χ4n) is 5.22. The first-order valence-electron chi connectivity index (χ1n) is 15.9. The van der Waals surface area contributed by atoms with Crippen molar-refractivity contribution in [3.8, 4) is 5.75 Å². The Morgan fingerprint density at radius 3 is 2.20 bits per heavy atom. The highest BCUT2D eigenvalue weighted by Gasteiger charge is 2.40. The largest absolute Gasteiger partial charge is 0.487 e. The van der Waals surface area contributed by atoms with Crippen LogP contribution in [0.5, 0.6) is 5.75 Å². The van der Waals surface area contributed by atoms with Crippen LogP contribution in [0.25, 0.3) is 10.9 Å². The maximum Gasteiger partial charge on any atom is 0.303 e. The van der Waals surface area contributed by atoms with Gasteiger partial charge in [0.1, 0.15) is 12.4 Å². The standard InChI is InChI=1S/C37H48N2O5Si/c1-37(2,3)45(4,5)44-33(26-39(24-14-8-13-19-35(41)42)25-28-15-9-6-10-16-28)30-20-22-32(36-31(30)21-23-34(40)38-36)43-27-29-17-11-7-12-18-29/h6-7,9-12,15-18,20-23,33H,8,13-14,19,24-27H2,1-5H3,(H,38,40)(H,41,42)/t33-/m1/s1. The van der Waals surface area contributed by atoms with Crippen LogP contribution in [0.4, 0.5) is 0 Å². The molecule has 240 valence electrons. The van der Waals surface area contributed by atoms with E-state index in [1.807, 2.05) is 48.5 Å². The van der Waals surface area contributed by atoms with Crippen molar-refractivity contribution in [2.75, 3.05) is 13.1 Å². The third kappa shape index (κ3) is 9.88. The number of pyridine rings is 1. The van der Waals surface area contributed by atoms with Gasteiger partial charge in [-0.05, 0) is 66.3 Å². The first kappa shape index (κ1) is 34.2. The summed E-state index contributed by atoms with van der Waals surface area (Å²) < 4.78 is 13.5. The highest BCUT2D eigenvalue weighted by Crippen LogP contribution is 2.42. The number of benzene rings is 3. The topological polar surface area (TPSA) is 91.9 Å². The van der Waals surface area contributed by atoms with E-state index in [4.69, 9.17) is 14.3 Å². The van der Waals surface area contributed by atoms with Crippen LogP contribution >= 0.6 is 0 Å². The molecule has 0 unspecified atom stereocenters. The number of hydrogen-bond acceptors (Lipinski definition) is 5. The van der Waals surface area contributed by atoms with Gasteiger partial charge in [0.05, 0.1) is 11.6 Å². The number of ether oxygens (including phenoxy) is 1. The number of aromatic nitrogens is 1. The van der Waals surface area contributed by atoms with E-state index in [9.17, 15) is 9.59 Å². The van der Waals surface area contributed by atoms with E-state index in [2.05, 4.69) is 74.1 Å². The van der Waals surface area contributed by atoms with Crippen molar-refractivity contribution in [1.29, 1.82) is 0 Å². The monoisotopic (exact) mass is 628 g/mol. The molecule has 0 radical (unpaired) electrons. The van der Waals surface area contributed by atoms with Crippen molar-refractivity contribution in [1.82, 2.24) is 9.88 Å². The van der Waals surface area contributed by atoms with E-state index in [0.717, 1.165) is 42.4 Å². The Bertz CT molecular complexity index is 1580. The lowest BCUT2D eigenvalue weighted by atomic mass is 10.0. The van der Waals surface area contributed by atoms with E-state index >= 15 is 0 Å². The minimum Gasteiger partial charge on any atom is -0.487 e. The second-order valence-electron chi connectivity index (χ2n) is 13.3. The Balaban J connectivity index is 1.70. The highest BCUT2D eigenvalue weighted by atomic mass is 28.4. The number of aliphatic carboxylic acids is 1. The Hall–Kier alpha value is -3.72. The molecule has 1 atom stereocenters. The fourth-order valence-corrected chi connectivity index (χ4v) is 6.48. The minimum absolute atomic E-state index is 0.00477. The van der Waals surface area contributed by atoms with Gasteiger partial charge >= 0.3 is 5.97 Å². The summed E-state index contributed by atoms with van der Waals surface area (Å²) in [4.78, 5) is 29.1. The fraction of sp³-hybridized carbons (Fsp3) is 0.405. The van der Waals surface area contributed by atoms with Crippen LogP contribution in [-0.4, -0.2) is 42.4 Å². The zero-order valence-corrected chi connectivity index (χ0v) is 28.3. The van der Waals surface area contributed by atoms with Crippen molar-refractivity contribution in [3.63, 3.8) is 0 Å². The normalized spacial score (nSPS) is 12.8. The van der Waals surface area contributed by atoms with Crippen molar-refractivity contribution < 1.29 is 19.1 Å². The van der Waals surface area contributed by atoms with E-state index in [1.165, 1.54) is 5.56 Å². The molecular weight excluding hydrogens is 581 g/mol. The van der Waals surface area contributed by atoms with E-state index in [-0.39, 0.29) is 23.1 Å². The second kappa shape index (κ2) is 15.5. The van der Waals surface area contributed by atoms with Gasteiger partial charge in [-0.1, -0.05) is 93.9 Å². The van der Waals surface area contributed by atoms with E-state index in [0.29, 0.717) is 30.8 Å². The molecule has 0 bridgehead atoms. The summed E-state index contributed by atoms with van der Waals surface area (Å²) in [6.45, 7) is 13.9. The molecule has 0 spiro atoms. The molecule has 7 nitrogen and oxygen atoms in total. The number of nitrogens with one attached hydrogen (secondary N) is 1. The van der Waals surface area contributed by atoms with Crippen molar-refractivity contribution in [3.05, 3.63) is 112 Å². The summed E-state index contributed by atoms with van der Waals surface area (Å²) in [6.07, 6.45) is 2.35. The van der Waals surface area contributed by atoms with Gasteiger partial charge in [0.25, 0.3) is 0 Å². The summed E-state index contributed by atoms with van der Waals surface area (Å²) in [5.74, 6) is -0.124. The molecule has 0 saturated heterocycles. The number of H-pyrrole nitrogens is 1. The maximum atomic E-state index is 12.6. The molecule has 0 amide bonds. The average molecular weight is 629 g/mol. The van der Waals surface area contributed by atoms with Crippen LogP contribution in [0.3, 0.4) is 0 Å². The number of fused-ring (bicyclic) bond motifs is 1. The van der Waals surface area contributed by atoms with Crippen molar-refractivity contribution in [2.45, 2.75) is 83.8 Å². The molecule has 0 saturated carbocycles. The molecule has 3 aromatic carbocycles. The van der Waals surface area contributed by atoms with Crippen LogP contribution in [0, 0.1) is 0 Å². The Labute approximate surface area is 268 Å². The first-order valence-corrected chi connectivity index (χ1v) is 18.8. The maximum absolute atomic E-state index is 12.6. The Kier molecular flexibility index (Phi) is 11.8. The lowest BCUT2D eigenvalue weighted by Gasteiger charge is -2.41. The minimum atomic E-state index is -2.23. The lowest BCUT2D eigenvalue weighted by Crippen LogP contribution is -2.44. The zero-order valence-electron chi connectivity index (χ0n) is 27.3. The summed E-state index contributed by atoms with van der Waals surface area (Å²) in [7, 11) is -2.23. The van der Waals surface area contributed by atoms with Crippen LogP contribution < -0.4 is 10.3 Å². The number of hydrogen-bond donors (Lipinski definition) is 2. The summed E-state index contributed by atoms with van der Waals surface area (Å²) in [6, 6.07) is 27.9. The van der Waals surface area contributed by atoms with Crippen LogP contribution in [0.2, 0.25) is 18.1 Å². The third-order valence-electron chi connectivity index (χ3n) is 8.76. The quantitative estimate of drug-likeness (QED) is 0.0958. The molecule has 0 aliphatic rings. The molecule has 4 aromatic rings. The predicted octanol–water partition coefficient (Wildman–Crippen LogP) is 8.32. The average Bonchev–Trinajstić information content (AvgIpc) is 2.99. The summed E-state index contributed by atoms with van der Waals surface area (Å²) >= 11 is 0. The van der Waals surface area contributed by atoms with Crippen molar-refractivity contribution in [2.24, 2.45) is 0 Å². The molecular formula is C37H48N2O5Si. The molecule has 4 rings (SSSR count). The van der Waals surface area contributed by atoms with Gasteiger partial charge in [-0.3, -0.25) is 14.5 Å². The van der Waals surface area contributed by atoms with E-state index < -0.39 is 14.3 Å². The first-order chi connectivity index (χ1) is 21.4. The molecule has 0 fully saturated rings. The highest BCUT2D eigenvalue weighted by molar-refractivity contribution is 6.74. The molecule has 8 heteroatoms.